The van der Waals surface area contributed by atoms with E-state index in [9.17, 15) is 9.90 Å². The number of ether oxygens (including phenoxy) is 1. The highest BCUT2D eigenvalue weighted by atomic mass is 16.5. The average Bonchev–Trinajstić information content (AvgIpc) is 2.56. The number of carbonyl (C=O) groups excluding carboxylic acids is 1. The molecule has 0 fully saturated rings. The molecule has 0 aliphatic carbocycles. The fraction of sp³-hybridized carbons (Fsp3) is 0.278. The second-order valence-corrected chi connectivity index (χ2v) is 4.94. The summed E-state index contributed by atoms with van der Waals surface area (Å²) >= 11 is 0. The predicted octanol–water partition coefficient (Wildman–Crippen LogP) is 3.26. The van der Waals surface area contributed by atoms with Gasteiger partial charge < -0.3 is 9.84 Å². The summed E-state index contributed by atoms with van der Waals surface area (Å²) in [6.45, 7) is -0.00225. The zero-order valence-corrected chi connectivity index (χ0v) is 12.2. The summed E-state index contributed by atoms with van der Waals surface area (Å²) in [5, 5.41) is 9.55. The van der Waals surface area contributed by atoms with Crippen LogP contribution in [-0.2, 0) is 16.1 Å². The Morgan fingerprint density at radius 1 is 1.10 bits per heavy atom. The minimum Gasteiger partial charge on any atom is -0.469 e. The maximum atomic E-state index is 11.5. The fourth-order valence-electron chi connectivity index (χ4n) is 2.57. The topological polar surface area (TPSA) is 46.5 Å². The van der Waals surface area contributed by atoms with Crippen molar-refractivity contribution in [2.75, 3.05) is 7.11 Å². The Morgan fingerprint density at radius 3 is 2.43 bits per heavy atom. The van der Waals surface area contributed by atoms with Gasteiger partial charge in [-0.2, -0.15) is 0 Å². The number of aliphatic hydroxyl groups is 1. The molecule has 3 nitrogen and oxygen atoms in total. The number of methoxy groups -OCH3 is 1. The van der Waals surface area contributed by atoms with Crippen LogP contribution in [0.15, 0.2) is 54.6 Å². The van der Waals surface area contributed by atoms with Crippen LogP contribution >= 0.6 is 0 Å². The third-order valence-electron chi connectivity index (χ3n) is 3.67. The van der Waals surface area contributed by atoms with Crippen LogP contribution in [0.1, 0.15) is 35.4 Å². The Bertz CT molecular complexity index is 578. The molecule has 2 aromatic carbocycles. The monoisotopic (exact) mass is 284 g/mol. The third kappa shape index (κ3) is 3.92. The van der Waals surface area contributed by atoms with E-state index >= 15 is 0 Å². The maximum Gasteiger partial charge on any atom is 0.305 e. The largest absolute Gasteiger partial charge is 0.469 e. The van der Waals surface area contributed by atoms with Gasteiger partial charge in [-0.1, -0.05) is 54.6 Å². The molecule has 0 radical (unpaired) electrons. The van der Waals surface area contributed by atoms with E-state index in [-0.39, 0.29) is 18.5 Å². The normalized spacial score (nSPS) is 11.9. The van der Waals surface area contributed by atoms with Gasteiger partial charge in [-0.05, 0) is 23.1 Å². The summed E-state index contributed by atoms with van der Waals surface area (Å²) in [6.07, 6.45) is 1.02. The Kier molecular flexibility index (Phi) is 5.52. The highest BCUT2D eigenvalue weighted by molar-refractivity contribution is 5.69. The number of aliphatic hydroxyl groups excluding tert-OH is 1. The number of benzene rings is 2. The Labute approximate surface area is 125 Å². The molecule has 21 heavy (non-hydrogen) atoms. The van der Waals surface area contributed by atoms with Gasteiger partial charge in [0.15, 0.2) is 0 Å². The molecule has 0 aromatic heterocycles. The van der Waals surface area contributed by atoms with Crippen molar-refractivity contribution >= 4 is 5.97 Å². The van der Waals surface area contributed by atoms with E-state index in [2.05, 4.69) is 12.1 Å². The average molecular weight is 284 g/mol. The summed E-state index contributed by atoms with van der Waals surface area (Å²) in [5.41, 5.74) is 3.11. The van der Waals surface area contributed by atoms with Gasteiger partial charge >= 0.3 is 5.97 Å². The lowest BCUT2D eigenvalue weighted by atomic mass is 9.85. The molecular weight excluding hydrogens is 264 g/mol. The first kappa shape index (κ1) is 15.3. The second kappa shape index (κ2) is 7.60. The molecule has 0 bridgehead atoms. The molecule has 110 valence electrons. The van der Waals surface area contributed by atoms with E-state index < -0.39 is 0 Å². The maximum absolute atomic E-state index is 11.5. The fourth-order valence-corrected chi connectivity index (χ4v) is 2.57. The molecule has 0 saturated heterocycles. The minimum absolute atomic E-state index is 0.00225. The summed E-state index contributed by atoms with van der Waals surface area (Å²) in [7, 11) is 1.40. The summed E-state index contributed by atoms with van der Waals surface area (Å²) in [5.74, 6) is -0.133. The van der Waals surface area contributed by atoms with Crippen LogP contribution in [0.2, 0.25) is 0 Å². The van der Waals surface area contributed by atoms with Crippen molar-refractivity contribution < 1.29 is 14.6 Å². The van der Waals surface area contributed by atoms with E-state index in [0.717, 1.165) is 16.7 Å². The van der Waals surface area contributed by atoms with E-state index in [1.807, 2.05) is 42.5 Å². The first-order valence-electron chi connectivity index (χ1n) is 7.06. The molecule has 1 atom stereocenters. The molecule has 2 rings (SSSR count). The van der Waals surface area contributed by atoms with Crippen molar-refractivity contribution in [2.45, 2.75) is 25.4 Å². The molecule has 0 heterocycles. The van der Waals surface area contributed by atoms with Crippen molar-refractivity contribution in [3.63, 3.8) is 0 Å². The molecule has 2 aromatic rings. The van der Waals surface area contributed by atoms with Gasteiger partial charge in [0.05, 0.1) is 13.7 Å². The van der Waals surface area contributed by atoms with Crippen molar-refractivity contribution in [1.29, 1.82) is 0 Å². The van der Waals surface area contributed by atoms with Gasteiger partial charge in [0, 0.05) is 12.3 Å². The molecule has 0 aliphatic rings. The SMILES string of the molecule is COC(=O)CCC(c1ccccc1)c1ccccc1CO. The van der Waals surface area contributed by atoms with E-state index in [0.29, 0.717) is 12.8 Å². The lowest BCUT2D eigenvalue weighted by molar-refractivity contribution is -0.140. The number of hydrogen-bond acceptors (Lipinski definition) is 3. The molecule has 3 heteroatoms. The Hall–Kier alpha value is -2.13. The summed E-state index contributed by atoms with van der Waals surface area (Å²) in [6, 6.07) is 17.9. The van der Waals surface area contributed by atoms with Crippen LogP contribution in [0.3, 0.4) is 0 Å². The van der Waals surface area contributed by atoms with Gasteiger partial charge in [-0.25, -0.2) is 0 Å². The van der Waals surface area contributed by atoms with Gasteiger partial charge in [-0.3, -0.25) is 4.79 Å². The first-order chi connectivity index (χ1) is 10.3. The molecule has 0 amide bonds. The highest BCUT2D eigenvalue weighted by Crippen LogP contribution is 2.31. The zero-order chi connectivity index (χ0) is 15.1. The number of esters is 1. The van der Waals surface area contributed by atoms with Crippen LogP contribution in [0.4, 0.5) is 0 Å². The van der Waals surface area contributed by atoms with Gasteiger partial charge in [-0.15, -0.1) is 0 Å². The highest BCUT2D eigenvalue weighted by Gasteiger charge is 2.18. The minimum atomic E-state index is -0.211. The van der Waals surface area contributed by atoms with E-state index in [1.54, 1.807) is 0 Å². The Balaban J connectivity index is 2.33. The second-order valence-electron chi connectivity index (χ2n) is 4.94. The van der Waals surface area contributed by atoms with Crippen molar-refractivity contribution in [1.82, 2.24) is 0 Å². The number of rotatable bonds is 6. The lowest BCUT2D eigenvalue weighted by Crippen LogP contribution is -2.09. The smallest absolute Gasteiger partial charge is 0.305 e. The molecule has 0 saturated carbocycles. The zero-order valence-electron chi connectivity index (χ0n) is 12.2. The quantitative estimate of drug-likeness (QED) is 0.828. The van der Waals surface area contributed by atoms with Crippen LogP contribution < -0.4 is 0 Å². The molecule has 0 spiro atoms. The van der Waals surface area contributed by atoms with Gasteiger partial charge in [0.1, 0.15) is 0 Å². The van der Waals surface area contributed by atoms with E-state index in [4.69, 9.17) is 4.74 Å². The molecule has 1 N–H and O–H groups in total. The van der Waals surface area contributed by atoms with Crippen molar-refractivity contribution in [3.8, 4) is 0 Å². The van der Waals surface area contributed by atoms with Crippen molar-refractivity contribution in [3.05, 3.63) is 71.3 Å². The van der Waals surface area contributed by atoms with Crippen molar-refractivity contribution in [2.24, 2.45) is 0 Å². The van der Waals surface area contributed by atoms with Crippen LogP contribution in [0.25, 0.3) is 0 Å². The van der Waals surface area contributed by atoms with Crippen LogP contribution in [-0.4, -0.2) is 18.2 Å². The molecular formula is C18H20O3. The molecule has 1 unspecified atom stereocenters. The lowest BCUT2D eigenvalue weighted by Gasteiger charge is -2.20. The Morgan fingerprint density at radius 2 is 1.76 bits per heavy atom. The summed E-state index contributed by atoms with van der Waals surface area (Å²) in [4.78, 5) is 11.5. The van der Waals surface area contributed by atoms with E-state index in [1.165, 1.54) is 7.11 Å². The third-order valence-corrected chi connectivity index (χ3v) is 3.67. The van der Waals surface area contributed by atoms with Gasteiger partial charge in [0.2, 0.25) is 0 Å². The number of carbonyl (C=O) groups is 1. The summed E-state index contributed by atoms with van der Waals surface area (Å²) < 4.78 is 4.74. The van der Waals surface area contributed by atoms with Gasteiger partial charge in [0.25, 0.3) is 0 Å². The van der Waals surface area contributed by atoms with Crippen LogP contribution in [0, 0.1) is 0 Å². The standard InChI is InChI=1S/C18H20O3/c1-21-18(20)12-11-17(14-7-3-2-4-8-14)16-10-6-5-9-15(16)13-19/h2-10,17,19H,11-13H2,1H3. The molecule has 0 aliphatic heterocycles. The van der Waals surface area contributed by atoms with Crippen LogP contribution in [0.5, 0.6) is 0 Å². The predicted molar refractivity (Wildman–Crippen MR) is 81.9 cm³/mol. The number of hydrogen-bond donors (Lipinski definition) is 1. The first-order valence-corrected chi connectivity index (χ1v) is 7.06.